The Morgan fingerprint density at radius 3 is 2.50 bits per heavy atom. The van der Waals surface area contributed by atoms with Gasteiger partial charge < -0.3 is 0 Å². The van der Waals surface area contributed by atoms with Crippen molar-refractivity contribution in [2.24, 2.45) is 9.98 Å². The molecule has 2 rings (SSSR count). The van der Waals surface area contributed by atoms with Crippen molar-refractivity contribution in [3.63, 3.8) is 0 Å². The maximum absolute atomic E-state index is 4.42. The highest BCUT2D eigenvalue weighted by Gasteiger charge is 2.02. The lowest BCUT2D eigenvalue weighted by Gasteiger charge is -2.06. The van der Waals surface area contributed by atoms with Gasteiger partial charge in [-0.25, -0.2) is 0 Å². The molecule has 0 saturated carbocycles. The number of rotatable bonds is 2. The minimum absolute atomic E-state index is 0.821. The van der Waals surface area contributed by atoms with E-state index in [1.54, 1.807) is 0 Å². The SMILES string of the molecule is CCc1ccc(C2=NCCN=C2)cc1. The summed E-state index contributed by atoms with van der Waals surface area (Å²) in [4.78, 5) is 8.64. The lowest BCUT2D eigenvalue weighted by atomic mass is 10.1. The molecule has 0 spiro atoms. The zero-order valence-corrected chi connectivity index (χ0v) is 8.40. The van der Waals surface area contributed by atoms with Crippen LogP contribution in [0.4, 0.5) is 0 Å². The monoisotopic (exact) mass is 186 g/mol. The van der Waals surface area contributed by atoms with Crippen LogP contribution < -0.4 is 0 Å². The standard InChI is InChI=1S/C12H14N2/c1-2-10-3-5-11(6-4-10)12-9-13-7-8-14-12/h3-6,9H,2,7-8H2,1H3. The second-order valence-electron chi connectivity index (χ2n) is 3.35. The van der Waals surface area contributed by atoms with E-state index in [0.29, 0.717) is 0 Å². The smallest absolute Gasteiger partial charge is 0.0825 e. The van der Waals surface area contributed by atoms with Crippen LogP contribution in [0, 0.1) is 0 Å². The number of nitrogens with zero attached hydrogens (tertiary/aromatic N) is 2. The summed E-state index contributed by atoms with van der Waals surface area (Å²) in [7, 11) is 0. The minimum Gasteiger partial charge on any atom is -0.289 e. The maximum atomic E-state index is 4.42. The highest BCUT2D eigenvalue weighted by Crippen LogP contribution is 2.07. The Bertz CT molecular complexity index is 360. The Labute approximate surface area is 84.4 Å². The molecule has 1 aliphatic rings. The largest absolute Gasteiger partial charge is 0.289 e. The van der Waals surface area contributed by atoms with E-state index in [4.69, 9.17) is 0 Å². The van der Waals surface area contributed by atoms with Crippen molar-refractivity contribution in [1.29, 1.82) is 0 Å². The molecule has 2 heteroatoms. The van der Waals surface area contributed by atoms with Crippen LogP contribution in [0.3, 0.4) is 0 Å². The van der Waals surface area contributed by atoms with E-state index in [0.717, 1.165) is 25.2 Å². The third-order valence-corrected chi connectivity index (χ3v) is 2.38. The molecule has 0 saturated heterocycles. The molecule has 1 aliphatic heterocycles. The quantitative estimate of drug-likeness (QED) is 0.676. The van der Waals surface area contributed by atoms with Gasteiger partial charge in [0.1, 0.15) is 0 Å². The fraction of sp³-hybridized carbons (Fsp3) is 0.333. The molecule has 1 aromatic carbocycles. The summed E-state index contributed by atoms with van der Waals surface area (Å²) in [6, 6.07) is 8.55. The predicted molar refractivity (Wildman–Crippen MR) is 60.6 cm³/mol. The van der Waals surface area contributed by atoms with E-state index in [9.17, 15) is 0 Å². The number of aliphatic imine (C=N–C) groups is 2. The molecule has 1 aromatic rings. The van der Waals surface area contributed by atoms with Gasteiger partial charge in [0.15, 0.2) is 0 Å². The summed E-state index contributed by atoms with van der Waals surface area (Å²) in [6.45, 7) is 3.81. The van der Waals surface area contributed by atoms with Gasteiger partial charge in [-0.05, 0) is 12.0 Å². The Hall–Kier alpha value is -1.44. The topological polar surface area (TPSA) is 24.7 Å². The van der Waals surface area contributed by atoms with Crippen molar-refractivity contribution in [2.45, 2.75) is 13.3 Å². The van der Waals surface area contributed by atoms with E-state index in [1.165, 1.54) is 11.1 Å². The summed E-state index contributed by atoms with van der Waals surface area (Å²) in [5.74, 6) is 0. The van der Waals surface area contributed by atoms with E-state index in [-0.39, 0.29) is 0 Å². The van der Waals surface area contributed by atoms with Crippen LogP contribution in [0.2, 0.25) is 0 Å². The third kappa shape index (κ3) is 1.90. The van der Waals surface area contributed by atoms with Gasteiger partial charge in [-0.2, -0.15) is 0 Å². The van der Waals surface area contributed by atoms with Crippen molar-refractivity contribution < 1.29 is 0 Å². The van der Waals surface area contributed by atoms with Crippen LogP contribution in [-0.2, 0) is 6.42 Å². The number of hydrogen-bond acceptors (Lipinski definition) is 2. The molecule has 0 aliphatic carbocycles. The number of hydrogen-bond donors (Lipinski definition) is 0. The van der Waals surface area contributed by atoms with Crippen molar-refractivity contribution in [1.82, 2.24) is 0 Å². The average Bonchev–Trinajstić information content (AvgIpc) is 2.30. The number of aryl methyl sites for hydroxylation is 1. The van der Waals surface area contributed by atoms with Gasteiger partial charge in [-0.1, -0.05) is 31.2 Å². The summed E-state index contributed by atoms with van der Waals surface area (Å²) in [5.41, 5.74) is 3.55. The Kier molecular flexibility index (Phi) is 2.73. The molecular formula is C12H14N2. The van der Waals surface area contributed by atoms with E-state index in [1.807, 2.05) is 6.21 Å². The van der Waals surface area contributed by atoms with Crippen molar-refractivity contribution >= 4 is 11.9 Å². The molecule has 72 valence electrons. The van der Waals surface area contributed by atoms with Crippen LogP contribution in [0.5, 0.6) is 0 Å². The molecule has 2 nitrogen and oxygen atoms in total. The highest BCUT2D eigenvalue weighted by atomic mass is 14.9. The summed E-state index contributed by atoms with van der Waals surface area (Å²) < 4.78 is 0. The van der Waals surface area contributed by atoms with Gasteiger partial charge in [0.25, 0.3) is 0 Å². The lowest BCUT2D eigenvalue weighted by molar-refractivity contribution is 0.970. The first-order valence-electron chi connectivity index (χ1n) is 5.03. The molecule has 0 N–H and O–H groups in total. The van der Waals surface area contributed by atoms with Crippen LogP contribution in [-0.4, -0.2) is 25.0 Å². The maximum Gasteiger partial charge on any atom is 0.0825 e. The zero-order valence-electron chi connectivity index (χ0n) is 8.40. The highest BCUT2D eigenvalue weighted by molar-refractivity contribution is 6.38. The fourth-order valence-electron chi connectivity index (χ4n) is 1.50. The van der Waals surface area contributed by atoms with E-state index >= 15 is 0 Å². The summed E-state index contributed by atoms with van der Waals surface area (Å²) >= 11 is 0. The second-order valence-corrected chi connectivity index (χ2v) is 3.35. The molecule has 14 heavy (non-hydrogen) atoms. The molecule has 0 unspecified atom stereocenters. The normalized spacial score (nSPS) is 15.4. The fourth-order valence-corrected chi connectivity index (χ4v) is 1.50. The Morgan fingerprint density at radius 1 is 1.14 bits per heavy atom. The number of benzene rings is 1. The first kappa shape index (κ1) is 9.13. The summed E-state index contributed by atoms with van der Waals surface area (Å²) in [5, 5.41) is 0. The van der Waals surface area contributed by atoms with Crippen molar-refractivity contribution in [3.05, 3.63) is 35.4 Å². The van der Waals surface area contributed by atoms with Gasteiger partial charge in [0.2, 0.25) is 0 Å². The molecule has 0 radical (unpaired) electrons. The van der Waals surface area contributed by atoms with Gasteiger partial charge in [-0.15, -0.1) is 0 Å². The molecule has 0 atom stereocenters. The van der Waals surface area contributed by atoms with Crippen molar-refractivity contribution in [2.75, 3.05) is 13.1 Å². The molecule has 0 fully saturated rings. The van der Waals surface area contributed by atoms with Crippen LogP contribution >= 0.6 is 0 Å². The Balaban J connectivity index is 2.24. The van der Waals surface area contributed by atoms with Crippen LogP contribution in [0.15, 0.2) is 34.3 Å². The Morgan fingerprint density at radius 2 is 1.93 bits per heavy atom. The molecule has 1 heterocycles. The first-order valence-corrected chi connectivity index (χ1v) is 5.03. The zero-order chi connectivity index (χ0) is 9.80. The molecular weight excluding hydrogens is 172 g/mol. The van der Waals surface area contributed by atoms with Crippen LogP contribution in [0.25, 0.3) is 0 Å². The van der Waals surface area contributed by atoms with Gasteiger partial charge in [-0.3, -0.25) is 9.98 Å². The van der Waals surface area contributed by atoms with E-state index in [2.05, 4.69) is 41.2 Å². The molecule has 0 aromatic heterocycles. The van der Waals surface area contributed by atoms with Gasteiger partial charge in [0.05, 0.1) is 18.8 Å². The van der Waals surface area contributed by atoms with E-state index < -0.39 is 0 Å². The second kappa shape index (κ2) is 4.18. The molecule has 0 amide bonds. The lowest BCUT2D eigenvalue weighted by Crippen LogP contribution is -2.10. The molecule has 0 bridgehead atoms. The predicted octanol–water partition coefficient (Wildman–Crippen LogP) is 2.12. The van der Waals surface area contributed by atoms with Crippen molar-refractivity contribution in [3.8, 4) is 0 Å². The summed E-state index contributed by atoms with van der Waals surface area (Å²) in [6.07, 6.45) is 2.95. The van der Waals surface area contributed by atoms with Gasteiger partial charge in [0, 0.05) is 11.8 Å². The average molecular weight is 186 g/mol. The minimum atomic E-state index is 0.821. The first-order chi connectivity index (χ1) is 6.90. The third-order valence-electron chi connectivity index (χ3n) is 2.38. The van der Waals surface area contributed by atoms with Crippen LogP contribution in [0.1, 0.15) is 18.1 Å². The van der Waals surface area contributed by atoms with Gasteiger partial charge >= 0.3 is 0 Å².